The number of anilines is 1. The van der Waals surface area contributed by atoms with Gasteiger partial charge in [-0.3, -0.25) is 0 Å². The van der Waals surface area contributed by atoms with Gasteiger partial charge in [-0.05, 0) is 12.1 Å². The summed E-state index contributed by atoms with van der Waals surface area (Å²) in [4.78, 5) is 1.55. The summed E-state index contributed by atoms with van der Waals surface area (Å²) in [6, 6.07) is 3.47. The quantitative estimate of drug-likeness (QED) is 0.704. The van der Waals surface area contributed by atoms with Crippen molar-refractivity contribution in [3.8, 4) is 0 Å². The van der Waals surface area contributed by atoms with Crippen LogP contribution in [0.1, 0.15) is 5.56 Å². The molecule has 0 saturated carbocycles. The van der Waals surface area contributed by atoms with E-state index in [4.69, 9.17) is 0 Å². The average molecular weight is 251 g/mol. The van der Waals surface area contributed by atoms with Gasteiger partial charge in [0.1, 0.15) is 11.4 Å². The van der Waals surface area contributed by atoms with Crippen molar-refractivity contribution >= 4 is 17.4 Å². The second-order valence-electron chi connectivity index (χ2n) is 3.43. The Morgan fingerprint density at radius 2 is 2.00 bits per heavy atom. The van der Waals surface area contributed by atoms with E-state index in [0.29, 0.717) is 12.4 Å². The summed E-state index contributed by atoms with van der Waals surface area (Å²) in [6.45, 7) is 0.525. The molecule has 1 saturated heterocycles. The predicted molar refractivity (Wildman–Crippen MR) is 56.1 cm³/mol. The Morgan fingerprint density at radius 3 is 2.56 bits per heavy atom. The number of hydrogen-bond donors (Lipinski definition) is 0. The summed E-state index contributed by atoms with van der Waals surface area (Å²) >= 11 is 1.54. The van der Waals surface area contributed by atoms with Gasteiger partial charge in [-0.1, -0.05) is 6.07 Å². The first-order valence-electron chi connectivity index (χ1n) is 4.68. The fraction of sp³-hybridized carbons (Fsp3) is 0.400. The first kappa shape index (κ1) is 11.6. The first-order valence-corrected chi connectivity index (χ1v) is 5.84. The molecule has 0 spiro atoms. The van der Waals surface area contributed by atoms with Crippen molar-refractivity contribution in [1.29, 1.82) is 0 Å². The number of halogens is 4. The van der Waals surface area contributed by atoms with Crippen LogP contribution in [-0.4, -0.2) is 18.2 Å². The standard InChI is InChI=1S/C10H9F4NS/c11-7-2-1-3-8(9(7)10(12,13)14)15-4-5-16-6-15/h1-3H,4-6H2. The van der Waals surface area contributed by atoms with Crippen LogP contribution in [0.25, 0.3) is 0 Å². The maximum absolute atomic E-state index is 13.2. The van der Waals surface area contributed by atoms with E-state index in [1.54, 1.807) is 4.90 Å². The highest BCUT2D eigenvalue weighted by Gasteiger charge is 2.38. The largest absolute Gasteiger partial charge is 0.421 e. The van der Waals surface area contributed by atoms with E-state index >= 15 is 0 Å². The Hall–Kier alpha value is -0.910. The Balaban J connectivity index is 2.47. The highest BCUT2D eigenvalue weighted by molar-refractivity contribution is 7.99. The van der Waals surface area contributed by atoms with Crippen molar-refractivity contribution in [2.45, 2.75) is 6.18 Å². The van der Waals surface area contributed by atoms with Crippen LogP contribution < -0.4 is 4.90 Å². The zero-order valence-electron chi connectivity index (χ0n) is 8.22. The molecule has 16 heavy (non-hydrogen) atoms. The molecule has 0 unspecified atom stereocenters. The third-order valence-electron chi connectivity index (χ3n) is 2.37. The molecule has 1 nitrogen and oxygen atoms in total. The third kappa shape index (κ3) is 2.11. The zero-order chi connectivity index (χ0) is 11.8. The maximum Gasteiger partial charge on any atom is 0.421 e. The molecule has 1 aliphatic rings. The number of thioether (sulfide) groups is 1. The van der Waals surface area contributed by atoms with E-state index < -0.39 is 17.6 Å². The van der Waals surface area contributed by atoms with Crippen molar-refractivity contribution in [2.75, 3.05) is 23.1 Å². The molecule has 0 radical (unpaired) electrons. The van der Waals surface area contributed by atoms with Crippen molar-refractivity contribution in [3.05, 3.63) is 29.6 Å². The van der Waals surface area contributed by atoms with Gasteiger partial charge in [-0.2, -0.15) is 13.2 Å². The molecule has 1 aliphatic heterocycles. The van der Waals surface area contributed by atoms with E-state index in [9.17, 15) is 17.6 Å². The van der Waals surface area contributed by atoms with Crippen molar-refractivity contribution in [3.63, 3.8) is 0 Å². The predicted octanol–water partition coefficient (Wildman–Crippen LogP) is 3.36. The zero-order valence-corrected chi connectivity index (χ0v) is 9.04. The van der Waals surface area contributed by atoms with E-state index in [-0.39, 0.29) is 5.69 Å². The normalized spacial score (nSPS) is 16.9. The molecule has 0 atom stereocenters. The van der Waals surface area contributed by atoms with Crippen molar-refractivity contribution in [2.24, 2.45) is 0 Å². The van der Waals surface area contributed by atoms with Gasteiger partial charge in [0, 0.05) is 12.3 Å². The minimum Gasteiger partial charge on any atom is -0.361 e. The molecule has 1 aromatic rings. The molecule has 1 heterocycles. The topological polar surface area (TPSA) is 3.24 Å². The van der Waals surface area contributed by atoms with Crippen LogP contribution in [0.3, 0.4) is 0 Å². The van der Waals surface area contributed by atoms with Crippen LogP contribution in [-0.2, 0) is 6.18 Å². The van der Waals surface area contributed by atoms with Gasteiger partial charge >= 0.3 is 6.18 Å². The van der Waals surface area contributed by atoms with Crippen molar-refractivity contribution in [1.82, 2.24) is 0 Å². The molecule has 0 N–H and O–H groups in total. The lowest BCUT2D eigenvalue weighted by molar-refractivity contribution is -0.139. The molecule has 0 aliphatic carbocycles. The molecule has 0 bridgehead atoms. The Labute approximate surface area is 94.4 Å². The highest BCUT2D eigenvalue weighted by Crippen LogP contribution is 2.39. The summed E-state index contributed by atoms with van der Waals surface area (Å²) in [5, 5.41) is 0. The van der Waals surface area contributed by atoms with Gasteiger partial charge in [0.25, 0.3) is 0 Å². The number of nitrogens with zero attached hydrogens (tertiary/aromatic N) is 1. The number of benzene rings is 1. The smallest absolute Gasteiger partial charge is 0.361 e. The molecule has 1 fully saturated rings. The minimum atomic E-state index is -4.64. The summed E-state index contributed by atoms with van der Waals surface area (Å²) < 4.78 is 51.3. The molecule has 2 rings (SSSR count). The van der Waals surface area contributed by atoms with E-state index in [0.717, 1.165) is 11.8 Å². The van der Waals surface area contributed by atoms with E-state index in [1.165, 1.54) is 23.9 Å². The summed E-state index contributed by atoms with van der Waals surface area (Å²) in [6.07, 6.45) is -4.64. The Kier molecular flexibility index (Phi) is 3.01. The van der Waals surface area contributed by atoms with Gasteiger partial charge in [0.15, 0.2) is 0 Å². The molecule has 0 amide bonds. The molecule has 1 aromatic carbocycles. The third-order valence-corrected chi connectivity index (χ3v) is 3.33. The molecular weight excluding hydrogens is 242 g/mol. The second kappa shape index (κ2) is 4.16. The van der Waals surface area contributed by atoms with Gasteiger partial charge in [0.05, 0.1) is 11.6 Å². The van der Waals surface area contributed by atoms with Gasteiger partial charge in [-0.25, -0.2) is 4.39 Å². The minimum absolute atomic E-state index is 0.0579. The lowest BCUT2D eigenvalue weighted by Gasteiger charge is -2.22. The van der Waals surface area contributed by atoms with E-state index in [1.807, 2.05) is 0 Å². The van der Waals surface area contributed by atoms with Crippen LogP contribution >= 0.6 is 11.8 Å². The van der Waals surface area contributed by atoms with Crippen LogP contribution in [0.4, 0.5) is 23.2 Å². The molecule has 6 heteroatoms. The van der Waals surface area contributed by atoms with Crippen molar-refractivity contribution < 1.29 is 17.6 Å². The van der Waals surface area contributed by atoms with Crippen LogP contribution in [0.5, 0.6) is 0 Å². The van der Waals surface area contributed by atoms with Gasteiger partial charge < -0.3 is 4.90 Å². The number of rotatable bonds is 1. The fourth-order valence-corrected chi connectivity index (χ4v) is 2.63. The SMILES string of the molecule is Fc1cccc(N2CCSC2)c1C(F)(F)F. The van der Waals surface area contributed by atoms with Crippen LogP contribution in [0.15, 0.2) is 18.2 Å². The van der Waals surface area contributed by atoms with Crippen LogP contribution in [0, 0.1) is 5.82 Å². The summed E-state index contributed by atoms with van der Waals surface area (Å²) in [5.41, 5.74) is -1.21. The van der Waals surface area contributed by atoms with Gasteiger partial charge in [-0.15, -0.1) is 11.8 Å². The highest BCUT2D eigenvalue weighted by atomic mass is 32.2. The monoisotopic (exact) mass is 251 g/mol. The Bertz CT molecular complexity index is 385. The first-order chi connectivity index (χ1) is 7.50. The van der Waals surface area contributed by atoms with E-state index in [2.05, 4.69) is 0 Å². The molecule has 0 aromatic heterocycles. The lowest BCUT2D eigenvalue weighted by Crippen LogP contribution is -2.23. The Morgan fingerprint density at radius 1 is 1.25 bits per heavy atom. The second-order valence-corrected chi connectivity index (χ2v) is 4.51. The average Bonchev–Trinajstić information content (AvgIpc) is 2.67. The molecule has 88 valence electrons. The summed E-state index contributed by atoms with van der Waals surface area (Å²) in [7, 11) is 0. The lowest BCUT2D eigenvalue weighted by atomic mass is 10.1. The maximum atomic E-state index is 13.2. The van der Waals surface area contributed by atoms with Gasteiger partial charge in [0.2, 0.25) is 0 Å². The molecular formula is C10H9F4NS. The fourth-order valence-electron chi connectivity index (χ4n) is 1.66. The number of alkyl halides is 3. The number of hydrogen-bond acceptors (Lipinski definition) is 2. The summed E-state index contributed by atoms with van der Waals surface area (Å²) in [5.74, 6) is 0.0438. The van der Waals surface area contributed by atoms with Crippen LogP contribution in [0.2, 0.25) is 0 Å².